The van der Waals surface area contributed by atoms with Gasteiger partial charge in [-0.1, -0.05) is 36.4 Å². The van der Waals surface area contributed by atoms with Gasteiger partial charge in [-0.15, -0.1) is 0 Å². The molecule has 0 radical (unpaired) electrons. The van der Waals surface area contributed by atoms with Crippen LogP contribution in [0.2, 0.25) is 0 Å². The highest BCUT2D eigenvalue weighted by Crippen LogP contribution is 2.24. The molecule has 0 unspecified atom stereocenters. The van der Waals surface area contributed by atoms with Crippen molar-refractivity contribution in [3.8, 4) is 11.4 Å². The van der Waals surface area contributed by atoms with Gasteiger partial charge in [0, 0.05) is 11.8 Å². The molecule has 0 amide bonds. The Bertz CT molecular complexity index is 922. The first kappa shape index (κ1) is 11.2. The Morgan fingerprint density at radius 2 is 1.80 bits per heavy atom. The van der Waals surface area contributed by atoms with E-state index in [2.05, 4.69) is 64.3 Å². The Labute approximate surface area is 116 Å². The zero-order valence-electron chi connectivity index (χ0n) is 11.1. The minimum absolute atomic E-state index is 0.771. The van der Waals surface area contributed by atoms with Gasteiger partial charge in [-0.05, 0) is 35.4 Å². The third-order valence-corrected chi connectivity index (χ3v) is 3.62. The van der Waals surface area contributed by atoms with Crippen LogP contribution in [0.15, 0.2) is 54.7 Å². The van der Waals surface area contributed by atoms with Crippen LogP contribution in [0, 0.1) is 6.92 Å². The van der Waals surface area contributed by atoms with Crippen molar-refractivity contribution in [2.24, 2.45) is 0 Å². The number of rotatable bonds is 1. The molecule has 20 heavy (non-hydrogen) atoms. The fraction of sp³-hybridized carbons (Fsp3) is 0.0588. The molecule has 0 aliphatic heterocycles. The number of fused-ring (bicyclic) bond motifs is 2. The van der Waals surface area contributed by atoms with Gasteiger partial charge < -0.3 is 4.98 Å². The zero-order chi connectivity index (χ0) is 13.5. The molecule has 2 heterocycles. The van der Waals surface area contributed by atoms with Crippen LogP contribution in [0.3, 0.4) is 0 Å². The third kappa shape index (κ3) is 1.67. The number of aromatic amines is 1. The van der Waals surface area contributed by atoms with Crippen molar-refractivity contribution >= 4 is 21.9 Å². The van der Waals surface area contributed by atoms with Gasteiger partial charge in [0.2, 0.25) is 0 Å². The monoisotopic (exact) mass is 259 g/mol. The van der Waals surface area contributed by atoms with Crippen molar-refractivity contribution in [2.45, 2.75) is 6.92 Å². The summed E-state index contributed by atoms with van der Waals surface area (Å²) in [6.07, 6.45) is 1.79. The summed E-state index contributed by atoms with van der Waals surface area (Å²) < 4.78 is 0. The Morgan fingerprint density at radius 3 is 2.65 bits per heavy atom. The van der Waals surface area contributed by atoms with Gasteiger partial charge in [0.15, 0.2) is 5.65 Å². The number of aromatic nitrogens is 3. The van der Waals surface area contributed by atoms with Crippen molar-refractivity contribution in [2.75, 3.05) is 0 Å². The van der Waals surface area contributed by atoms with E-state index in [9.17, 15) is 0 Å². The highest BCUT2D eigenvalue weighted by molar-refractivity contribution is 5.87. The summed E-state index contributed by atoms with van der Waals surface area (Å²) >= 11 is 0. The van der Waals surface area contributed by atoms with Crippen LogP contribution in [0.5, 0.6) is 0 Å². The van der Waals surface area contributed by atoms with Gasteiger partial charge in [0.25, 0.3) is 0 Å². The lowest BCUT2D eigenvalue weighted by molar-refractivity contribution is 1.30. The Morgan fingerprint density at radius 1 is 0.950 bits per heavy atom. The number of hydrogen-bond acceptors (Lipinski definition) is 2. The van der Waals surface area contributed by atoms with E-state index in [1.54, 1.807) is 6.20 Å². The van der Waals surface area contributed by atoms with Crippen molar-refractivity contribution in [3.63, 3.8) is 0 Å². The fourth-order valence-electron chi connectivity index (χ4n) is 2.51. The first-order chi connectivity index (χ1) is 9.81. The van der Waals surface area contributed by atoms with Crippen LogP contribution in [0.4, 0.5) is 0 Å². The molecule has 4 rings (SSSR count). The molecule has 0 saturated heterocycles. The Hall–Kier alpha value is -2.68. The standard InChI is InChI=1S/C17H13N3/c1-11-8-9-18-17-15(11)19-16(20-17)14-7-6-12-4-2-3-5-13(12)10-14/h2-10H,1H3,(H,18,19,20). The molecule has 0 aliphatic rings. The van der Waals surface area contributed by atoms with Crippen LogP contribution < -0.4 is 0 Å². The maximum atomic E-state index is 4.58. The van der Waals surface area contributed by atoms with Gasteiger partial charge in [-0.2, -0.15) is 0 Å². The topological polar surface area (TPSA) is 41.6 Å². The molecule has 1 N–H and O–H groups in total. The van der Waals surface area contributed by atoms with E-state index < -0.39 is 0 Å². The van der Waals surface area contributed by atoms with Gasteiger partial charge in [-0.3, -0.25) is 0 Å². The first-order valence-corrected chi connectivity index (χ1v) is 6.62. The predicted octanol–water partition coefficient (Wildman–Crippen LogP) is 4.09. The van der Waals surface area contributed by atoms with Crippen molar-refractivity contribution in [1.82, 2.24) is 15.0 Å². The minimum atomic E-state index is 0.771. The second kappa shape index (κ2) is 4.17. The number of H-pyrrole nitrogens is 1. The van der Waals surface area contributed by atoms with Crippen LogP contribution in [-0.2, 0) is 0 Å². The number of pyridine rings is 1. The predicted molar refractivity (Wildman–Crippen MR) is 81.6 cm³/mol. The number of nitrogens with one attached hydrogen (secondary N) is 1. The quantitative estimate of drug-likeness (QED) is 0.559. The normalized spacial score (nSPS) is 11.2. The molecule has 0 bridgehead atoms. The summed E-state index contributed by atoms with van der Waals surface area (Å²) in [6.45, 7) is 2.06. The highest BCUT2D eigenvalue weighted by Gasteiger charge is 2.08. The molecule has 0 fully saturated rings. The maximum absolute atomic E-state index is 4.58. The van der Waals surface area contributed by atoms with E-state index >= 15 is 0 Å². The lowest BCUT2D eigenvalue weighted by Gasteiger charge is -2.00. The molecule has 96 valence electrons. The maximum Gasteiger partial charge on any atom is 0.178 e. The molecule has 2 aromatic heterocycles. The molecule has 4 aromatic rings. The Kier molecular flexibility index (Phi) is 2.33. The molecule has 0 spiro atoms. The van der Waals surface area contributed by atoms with E-state index in [0.29, 0.717) is 0 Å². The van der Waals surface area contributed by atoms with Crippen LogP contribution in [0.25, 0.3) is 33.3 Å². The van der Waals surface area contributed by atoms with Crippen LogP contribution >= 0.6 is 0 Å². The molecular formula is C17H13N3. The van der Waals surface area contributed by atoms with E-state index in [0.717, 1.165) is 28.1 Å². The number of benzene rings is 2. The van der Waals surface area contributed by atoms with Crippen molar-refractivity contribution in [1.29, 1.82) is 0 Å². The first-order valence-electron chi connectivity index (χ1n) is 6.62. The Balaban J connectivity index is 1.94. The molecule has 0 saturated carbocycles. The van der Waals surface area contributed by atoms with Crippen molar-refractivity contribution < 1.29 is 0 Å². The largest absolute Gasteiger partial charge is 0.336 e. The summed E-state index contributed by atoms with van der Waals surface area (Å²) in [5.41, 5.74) is 4.03. The average molecular weight is 259 g/mol. The molecule has 3 nitrogen and oxygen atoms in total. The average Bonchev–Trinajstić information content (AvgIpc) is 2.92. The summed E-state index contributed by atoms with van der Waals surface area (Å²) in [6, 6.07) is 16.7. The van der Waals surface area contributed by atoms with Crippen LogP contribution in [-0.4, -0.2) is 15.0 Å². The number of aryl methyl sites for hydroxylation is 1. The van der Waals surface area contributed by atoms with Gasteiger partial charge in [0.05, 0.1) is 5.52 Å². The van der Waals surface area contributed by atoms with Gasteiger partial charge in [-0.25, -0.2) is 9.97 Å². The summed E-state index contributed by atoms with van der Waals surface area (Å²) in [7, 11) is 0. The van der Waals surface area contributed by atoms with E-state index in [4.69, 9.17) is 0 Å². The zero-order valence-corrected chi connectivity index (χ0v) is 11.1. The second-order valence-corrected chi connectivity index (χ2v) is 4.97. The lowest BCUT2D eigenvalue weighted by atomic mass is 10.1. The summed E-state index contributed by atoms with van der Waals surface area (Å²) in [4.78, 5) is 12.3. The number of nitrogens with zero attached hydrogens (tertiary/aromatic N) is 2. The number of hydrogen-bond donors (Lipinski definition) is 1. The van der Waals surface area contributed by atoms with E-state index in [1.165, 1.54) is 10.8 Å². The second-order valence-electron chi connectivity index (χ2n) is 4.97. The highest BCUT2D eigenvalue weighted by atomic mass is 15.0. The SMILES string of the molecule is Cc1ccnc2nc(-c3ccc4ccccc4c3)[nH]c12. The number of imidazole rings is 1. The molecule has 0 aliphatic carbocycles. The molecule has 0 atom stereocenters. The van der Waals surface area contributed by atoms with E-state index in [-0.39, 0.29) is 0 Å². The van der Waals surface area contributed by atoms with Gasteiger partial charge in [0.1, 0.15) is 5.82 Å². The fourth-order valence-corrected chi connectivity index (χ4v) is 2.51. The summed E-state index contributed by atoms with van der Waals surface area (Å²) in [5.74, 6) is 0.868. The third-order valence-electron chi connectivity index (χ3n) is 3.62. The van der Waals surface area contributed by atoms with Crippen LogP contribution in [0.1, 0.15) is 5.56 Å². The lowest BCUT2D eigenvalue weighted by Crippen LogP contribution is -1.81. The van der Waals surface area contributed by atoms with Crippen molar-refractivity contribution in [3.05, 3.63) is 60.3 Å². The molecular weight excluding hydrogens is 246 g/mol. The summed E-state index contributed by atoms with van der Waals surface area (Å²) in [5, 5.41) is 2.46. The smallest absolute Gasteiger partial charge is 0.178 e. The molecule has 3 heteroatoms. The molecule has 2 aromatic carbocycles. The van der Waals surface area contributed by atoms with E-state index in [1.807, 2.05) is 6.07 Å². The minimum Gasteiger partial charge on any atom is -0.336 e. The van der Waals surface area contributed by atoms with Gasteiger partial charge >= 0.3 is 0 Å².